The maximum Gasteiger partial charge on any atom is 0.312 e. The average molecular weight is 440 g/mol. The quantitative estimate of drug-likeness (QED) is 0.285. The number of rotatable bonds is 7. The maximum atomic E-state index is 12.7. The highest BCUT2D eigenvalue weighted by molar-refractivity contribution is 7.89. The SMILES string of the molecule is CCN(CC)S(=O)(=O)c1ccc(Oc2ccc3oc4ccccc4c3c2)c([N+](=O)[O-])c1. The van der Waals surface area contributed by atoms with Gasteiger partial charge < -0.3 is 9.15 Å². The Morgan fingerprint density at radius 1 is 0.968 bits per heavy atom. The molecule has 0 unspecified atom stereocenters. The fourth-order valence-corrected chi connectivity index (χ4v) is 4.97. The van der Waals surface area contributed by atoms with Crippen LogP contribution in [0.25, 0.3) is 21.9 Å². The summed E-state index contributed by atoms with van der Waals surface area (Å²) in [6.07, 6.45) is 0. The van der Waals surface area contributed by atoms with E-state index in [1.165, 1.54) is 16.4 Å². The molecule has 0 atom stereocenters. The second-order valence-electron chi connectivity index (χ2n) is 6.83. The number of nitro groups is 1. The van der Waals surface area contributed by atoms with E-state index in [1.807, 2.05) is 24.3 Å². The van der Waals surface area contributed by atoms with Crippen molar-refractivity contribution in [1.29, 1.82) is 0 Å². The summed E-state index contributed by atoms with van der Waals surface area (Å²) in [5.74, 6) is 0.331. The van der Waals surface area contributed by atoms with Gasteiger partial charge in [0.15, 0.2) is 0 Å². The van der Waals surface area contributed by atoms with Crippen molar-refractivity contribution in [2.45, 2.75) is 18.7 Å². The van der Waals surface area contributed by atoms with E-state index in [0.717, 1.165) is 22.4 Å². The van der Waals surface area contributed by atoms with Crippen molar-refractivity contribution in [2.24, 2.45) is 0 Å². The number of nitro benzene ring substituents is 1. The van der Waals surface area contributed by atoms with Gasteiger partial charge in [0.2, 0.25) is 15.8 Å². The van der Waals surface area contributed by atoms with Gasteiger partial charge >= 0.3 is 5.69 Å². The molecule has 8 nitrogen and oxygen atoms in total. The minimum absolute atomic E-state index is 0.0457. The largest absolute Gasteiger partial charge is 0.456 e. The predicted octanol–water partition coefficient (Wildman–Crippen LogP) is 5.32. The number of nitrogens with zero attached hydrogens (tertiary/aromatic N) is 2. The average Bonchev–Trinajstić information content (AvgIpc) is 3.12. The van der Waals surface area contributed by atoms with Gasteiger partial charge in [0, 0.05) is 29.9 Å². The molecule has 1 heterocycles. The zero-order valence-corrected chi connectivity index (χ0v) is 17.8. The number of fused-ring (bicyclic) bond motifs is 3. The summed E-state index contributed by atoms with van der Waals surface area (Å²) < 4.78 is 38.3. The van der Waals surface area contributed by atoms with Crippen LogP contribution in [0.2, 0.25) is 0 Å². The summed E-state index contributed by atoms with van der Waals surface area (Å²) in [5.41, 5.74) is 0.973. The zero-order valence-electron chi connectivity index (χ0n) is 16.9. The molecular weight excluding hydrogens is 420 g/mol. The standard InChI is InChI=1S/C22H20N2O6S/c1-3-23(4-2)31(27,28)16-10-12-22(19(14-16)24(25)26)29-15-9-11-21-18(13-15)17-7-5-6-8-20(17)30-21/h5-14H,3-4H2,1-2H3. The Morgan fingerprint density at radius 3 is 2.39 bits per heavy atom. The minimum Gasteiger partial charge on any atom is -0.456 e. The lowest BCUT2D eigenvalue weighted by molar-refractivity contribution is -0.385. The summed E-state index contributed by atoms with van der Waals surface area (Å²) >= 11 is 0. The highest BCUT2D eigenvalue weighted by Gasteiger charge is 2.26. The molecule has 0 saturated carbocycles. The molecule has 0 aliphatic rings. The first-order valence-corrected chi connectivity index (χ1v) is 11.2. The van der Waals surface area contributed by atoms with Crippen LogP contribution in [0.15, 0.2) is 70.0 Å². The Kier molecular flexibility index (Phi) is 5.38. The molecule has 0 bridgehead atoms. The monoisotopic (exact) mass is 440 g/mol. The topological polar surface area (TPSA) is 103 Å². The zero-order chi connectivity index (χ0) is 22.2. The molecule has 4 aromatic rings. The van der Waals surface area contributed by atoms with Crippen molar-refractivity contribution in [3.8, 4) is 11.5 Å². The van der Waals surface area contributed by atoms with E-state index in [2.05, 4.69) is 0 Å². The molecule has 4 rings (SSSR count). The van der Waals surface area contributed by atoms with Gasteiger partial charge in [-0.2, -0.15) is 4.31 Å². The van der Waals surface area contributed by atoms with Crippen molar-refractivity contribution < 1.29 is 22.5 Å². The number of sulfonamides is 1. The van der Waals surface area contributed by atoms with E-state index in [1.54, 1.807) is 32.0 Å². The van der Waals surface area contributed by atoms with Gasteiger partial charge in [0.25, 0.3) is 0 Å². The predicted molar refractivity (Wildman–Crippen MR) is 117 cm³/mol. The molecule has 0 saturated heterocycles. The fraction of sp³-hybridized carbons (Fsp3) is 0.182. The normalized spacial score (nSPS) is 12.0. The Balaban J connectivity index is 1.74. The molecule has 0 amide bonds. The maximum absolute atomic E-state index is 12.7. The number of benzene rings is 3. The summed E-state index contributed by atoms with van der Waals surface area (Å²) in [6.45, 7) is 3.96. The first-order chi connectivity index (χ1) is 14.8. The Morgan fingerprint density at radius 2 is 1.68 bits per heavy atom. The van der Waals surface area contributed by atoms with Gasteiger partial charge in [-0.1, -0.05) is 32.0 Å². The van der Waals surface area contributed by atoms with Crippen LogP contribution in [-0.2, 0) is 10.0 Å². The van der Waals surface area contributed by atoms with Crippen molar-refractivity contribution in [1.82, 2.24) is 4.31 Å². The number of furan rings is 1. The number of ether oxygens (including phenoxy) is 1. The fourth-order valence-electron chi connectivity index (χ4n) is 3.49. The Labute approximate surface area is 178 Å². The molecule has 0 aliphatic carbocycles. The van der Waals surface area contributed by atoms with Gasteiger partial charge in [0.1, 0.15) is 16.9 Å². The Hall–Kier alpha value is -3.43. The van der Waals surface area contributed by atoms with Crippen LogP contribution in [0.4, 0.5) is 5.69 Å². The molecule has 31 heavy (non-hydrogen) atoms. The summed E-state index contributed by atoms with van der Waals surface area (Å²) in [7, 11) is -3.83. The molecule has 0 aliphatic heterocycles. The third-order valence-electron chi connectivity index (χ3n) is 5.05. The molecule has 1 aromatic heterocycles. The smallest absolute Gasteiger partial charge is 0.312 e. The van der Waals surface area contributed by atoms with Gasteiger partial charge in [-0.3, -0.25) is 10.1 Å². The summed E-state index contributed by atoms with van der Waals surface area (Å²) in [6, 6.07) is 16.3. The second kappa shape index (κ2) is 8.01. The minimum atomic E-state index is -3.83. The highest BCUT2D eigenvalue weighted by Crippen LogP contribution is 2.37. The number of hydrogen-bond donors (Lipinski definition) is 0. The van der Waals surface area contributed by atoms with Crippen molar-refractivity contribution in [3.63, 3.8) is 0 Å². The van der Waals surface area contributed by atoms with Crippen LogP contribution in [0.5, 0.6) is 11.5 Å². The van der Waals surface area contributed by atoms with E-state index >= 15 is 0 Å². The molecule has 9 heteroatoms. The van der Waals surface area contributed by atoms with Crippen LogP contribution in [0.1, 0.15) is 13.8 Å². The van der Waals surface area contributed by atoms with Crippen molar-refractivity contribution in [3.05, 3.63) is 70.8 Å². The first kappa shape index (κ1) is 20.8. The summed E-state index contributed by atoms with van der Waals surface area (Å²) in [5, 5.41) is 13.4. The third-order valence-corrected chi connectivity index (χ3v) is 7.09. The lowest BCUT2D eigenvalue weighted by Crippen LogP contribution is -2.30. The second-order valence-corrected chi connectivity index (χ2v) is 8.77. The van der Waals surface area contributed by atoms with Crippen LogP contribution >= 0.6 is 0 Å². The molecule has 0 radical (unpaired) electrons. The van der Waals surface area contributed by atoms with Crippen LogP contribution in [0.3, 0.4) is 0 Å². The first-order valence-electron chi connectivity index (χ1n) is 9.73. The van der Waals surface area contributed by atoms with E-state index in [4.69, 9.17) is 9.15 Å². The van der Waals surface area contributed by atoms with E-state index in [0.29, 0.717) is 11.3 Å². The molecule has 3 aromatic carbocycles. The van der Waals surface area contributed by atoms with Gasteiger partial charge in [0.05, 0.1) is 9.82 Å². The van der Waals surface area contributed by atoms with Crippen LogP contribution < -0.4 is 4.74 Å². The van der Waals surface area contributed by atoms with E-state index in [9.17, 15) is 18.5 Å². The van der Waals surface area contributed by atoms with Gasteiger partial charge in [-0.15, -0.1) is 0 Å². The third kappa shape index (κ3) is 3.73. The van der Waals surface area contributed by atoms with Crippen molar-refractivity contribution in [2.75, 3.05) is 13.1 Å². The van der Waals surface area contributed by atoms with Crippen LogP contribution in [0, 0.1) is 10.1 Å². The molecule has 0 fully saturated rings. The van der Waals surface area contributed by atoms with Gasteiger partial charge in [-0.25, -0.2) is 8.42 Å². The number of hydrogen-bond acceptors (Lipinski definition) is 6. The summed E-state index contributed by atoms with van der Waals surface area (Å²) in [4.78, 5) is 10.9. The van der Waals surface area contributed by atoms with Gasteiger partial charge in [-0.05, 0) is 36.4 Å². The van der Waals surface area contributed by atoms with Crippen LogP contribution in [-0.4, -0.2) is 30.7 Å². The molecule has 0 spiro atoms. The molecule has 0 N–H and O–H groups in total. The van der Waals surface area contributed by atoms with Crippen molar-refractivity contribution >= 4 is 37.6 Å². The van der Waals surface area contributed by atoms with E-state index in [-0.39, 0.29) is 23.7 Å². The van der Waals surface area contributed by atoms with E-state index < -0.39 is 20.6 Å². The molecular formula is C22H20N2O6S. The Bertz CT molecular complexity index is 1390. The number of para-hydroxylation sites is 1. The lowest BCUT2D eigenvalue weighted by Gasteiger charge is -2.18. The lowest BCUT2D eigenvalue weighted by atomic mass is 10.1. The highest BCUT2D eigenvalue weighted by atomic mass is 32.2. The molecule has 160 valence electrons.